The van der Waals surface area contributed by atoms with Crippen LogP contribution in [0.15, 0.2) is 59.7 Å². The molecule has 0 fully saturated rings. The predicted octanol–water partition coefficient (Wildman–Crippen LogP) is 5.34. The second-order valence-corrected chi connectivity index (χ2v) is 8.30. The van der Waals surface area contributed by atoms with E-state index in [1.807, 2.05) is 42.5 Å². The van der Waals surface area contributed by atoms with Crippen molar-refractivity contribution in [3.8, 4) is 11.3 Å². The topological polar surface area (TPSA) is 63.6 Å². The van der Waals surface area contributed by atoms with Gasteiger partial charge in [0.15, 0.2) is 0 Å². The SMILES string of the molecule is COC(=O)c1sc(N/N=C\c2ccc(C(C)(C)C)cc2)nc1-c1ccccc1. The molecule has 0 saturated heterocycles. The zero-order chi connectivity index (χ0) is 20.1. The summed E-state index contributed by atoms with van der Waals surface area (Å²) >= 11 is 1.22. The lowest BCUT2D eigenvalue weighted by atomic mass is 9.87. The van der Waals surface area contributed by atoms with Crippen molar-refractivity contribution in [2.75, 3.05) is 12.5 Å². The maximum absolute atomic E-state index is 12.1. The Labute approximate surface area is 169 Å². The second-order valence-electron chi connectivity index (χ2n) is 7.30. The molecule has 0 amide bonds. The molecule has 0 unspecified atom stereocenters. The summed E-state index contributed by atoms with van der Waals surface area (Å²) in [6, 6.07) is 17.8. The Bertz CT molecular complexity index is 971. The van der Waals surface area contributed by atoms with Crippen molar-refractivity contribution < 1.29 is 9.53 Å². The highest BCUT2D eigenvalue weighted by Crippen LogP contribution is 2.31. The standard InChI is InChI=1S/C22H23N3O2S/c1-22(2,3)17-12-10-15(11-13-17)14-23-25-21-24-18(16-8-6-5-7-9-16)19(28-21)20(26)27-4/h5-14H,1-4H3,(H,24,25)/b23-14-. The third-order valence-corrected chi connectivity index (χ3v) is 5.14. The van der Waals surface area contributed by atoms with Crippen LogP contribution in [0.5, 0.6) is 0 Å². The van der Waals surface area contributed by atoms with E-state index in [2.05, 4.69) is 48.4 Å². The Balaban J connectivity index is 1.78. The molecule has 1 heterocycles. The van der Waals surface area contributed by atoms with Crippen molar-refractivity contribution in [3.05, 3.63) is 70.6 Å². The van der Waals surface area contributed by atoms with E-state index < -0.39 is 5.97 Å². The highest BCUT2D eigenvalue weighted by molar-refractivity contribution is 7.17. The monoisotopic (exact) mass is 393 g/mol. The molecule has 0 saturated carbocycles. The average Bonchev–Trinajstić information content (AvgIpc) is 3.12. The maximum Gasteiger partial charge on any atom is 0.350 e. The van der Waals surface area contributed by atoms with Crippen LogP contribution in [0.1, 0.15) is 41.6 Å². The van der Waals surface area contributed by atoms with Crippen LogP contribution in [0, 0.1) is 0 Å². The van der Waals surface area contributed by atoms with E-state index in [-0.39, 0.29) is 5.41 Å². The first kappa shape index (κ1) is 19.8. The minimum atomic E-state index is -0.411. The van der Waals surface area contributed by atoms with Gasteiger partial charge in [0, 0.05) is 5.56 Å². The molecule has 1 aromatic heterocycles. The van der Waals surface area contributed by atoms with Crippen molar-refractivity contribution in [1.29, 1.82) is 0 Å². The Morgan fingerprint density at radius 1 is 1.11 bits per heavy atom. The van der Waals surface area contributed by atoms with Crippen LogP contribution in [0.4, 0.5) is 5.13 Å². The maximum atomic E-state index is 12.1. The van der Waals surface area contributed by atoms with Crippen LogP contribution >= 0.6 is 11.3 Å². The minimum absolute atomic E-state index is 0.118. The molecule has 2 aromatic carbocycles. The molecule has 144 valence electrons. The van der Waals surface area contributed by atoms with E-state index >= 15 is 0 Å². The van der Waals surface area contributed by atoms with Gasteiger partial charge in [-0.3, -0.25) is 5.43 Å². The molecule has 0 spiro atoms. The van der Waals surface area contributed by atoms with Crippen LogP contribution in [-0.2, 0) is 10.2 Å². The smallest absolute Gasteiger partial charge is 0.350 e. The number of anilines is 1. The quantitative estimate of drug-likeness (QED) is 0.361. The number of aromatic nitrogens is 1. The van der Waals surface area contributed by atoms with Crippen molar-refractivity contribution in [3.63, 3.8) is 0 Å². The number of carbonyl (C=O) groups is 1. The van der Waals surface area contributed by atoms with E-state index in [9.17, 15) is 4.79 Å². The number of hydrogen-bond donors (Lipinski definition) is 1. The van der Waals surface area contributed by atoms with Crippen molar-refractivity contribution in [1.82, 2.24) is 4.98 Å². The van der Waals surface area contributed by atoms with E-state index in [1.165, 1.54) is 24.0 Å². The van der Waals surface area contributed by atoms with Crippen LogP contribution in [0.25, 0.3) is 11.3 Å². The van der Waals surface area contributed by atoms with Gasteiger partial charge < -0.3 is 4.74 Å². The average molecular weight is 394 g/mol. The summed E-state index contributed by atoms with van der Waals surface area (Å²) in [7, 11) is 1.36. The predicted molar refractivity (Wildman–Crippen MR) is 115 cm³/mol. The van der Waals surface area contributed by atoms with Gasteiger partial charge in [-0.05, 0) is 16.5 Å². The molecule has 5 nitrogen and oxygen atoms in total. The second kappa shape index (κ2) is 8.35. The molecule has 6 heteroatoms. The summed E-state index contributed by atoms with van der Waals surface area (Å²) in [5.41, 5.74) is 6.73. The number of nitrogens with zero attached hydrogens (tertiary/aromatic N) is 2. The zero-order valence-electron chi connectivity index (χ0n) is 16.4. The lowest BCUT2D eigenvalue weighted by Gasteiger charge is -2.18. The van der Waals surface area contributed by atoms with Crippen LogP contribution < -0.4 is 5.43 Å². The number of esters is 1. The number of methoxy groups -OCH3 is 1. The zero-order valence-corrected chi connectivity index (χ0v) is 17.2. The van der Waals surface area contributed by atoms with Gasteiger partial charge >= 0.3 is 5.97 Å². The molecular weight excluding hydrogens is 370 g/mol. The van der Waals surface area contributed by atoms with E-state index in [4.69, 9.17) is 4.74 Å². The van der Waals surface area contributed by atoms with Gasteiger partial charge in [-0.2, -0.15) is 5.10 Å². The van der Waals surface area contributed by atoms with Crippen LogP contribution in [0.2, 0.25) is 0 Å². The first-order valence-electron chi connectivity index (χ1n) is 8.92. The van der Waals surface area contributed by atoms with Gasteiger partial charge in [0.25, 0.3) is 0 Å². The normalized spacial score (nSPS) is 11.6. The summed E-state index contributed by atoms with van der Waals surface area (Å²) in [4.78, 5) is 17.1. The molecule has 3 rings (SSSR count). The lowest BCUT2D eigenvalue weighted by Crippen LogP contribution is -2.10. The molecule has 0 aliphatic carbocycles. The van der Waals surface area contributed by atoms with Gasteiger partial charge in [-0.1, -0.05) is 86.7 Å². The van der Waals surface area contributed by atoms with Crippen molar-refractivity contribution in [2.45, 2.75) is 26.2 Å². The van der Waals surface area contributed by atoms with E-state index in [1.54, 1.807) is 6.21 Å². The van der Waals surface area contributed by atoms with E-state index in [0.29, 0.717) is 15.7 Å². The fourth-order valence-corrected chi connectivity index (χ4v) is 3.48. The summed E-state index contributed by atoms with van der Waals surface area (Å²) in [6.07, 6.45) is 1.73. The number of thiazole rings is 1. The van der Waals surface area contributed by atoms with Crippen LogP contribution in [-0.4, -0.2) is 24.3 Å². The van der Waals surface area contributed by atoms with Gasteiger partial charge in [0.1, 0.15) is 4.88 Å². The minimum Gasteiger partial charge on any atom is -0.465 e. The molecule has 3 aromatic rings. The molecule has 28 heavy (non-hydrogen) atoms. The van der Waals surface area contributed by atoms with Crippen LogP contribution in [0.3, 0.4) is 0 Å². The summed E-state index contributed by atoms with van der Waals surface area (Å²) in [5, 5.41) is 4.79. The summed E-state index contributed by atoms with van der Waals surface area (Å²) in [6.45, 7) is 6.55. The number of hydrazone groups is 1. The number of benzene rings is 2. The molecular formula is C22H23N3O2S. The number of ether oxygens (including phenoxy) is 1. The fraction of sp³-hybridized carbons (Fsp3) is 0.227. The molecule has 0 bridgehead atoms. The Morgan fingerprint density at radius 3 is 2.39 bits per heavy atom. The first-order chi connectivity index (χ1) is 13.4. The summed E-state index contributed by atoms with van der Waals surface area (Å²) in [5.74, 6) is -0.411. The largest absolute Gasteiger partial charge is 0.465 e. The first-order valence-corrected chi connectivity index (χ1v) is 9.74. The van der Waals surface area contributed by atoms with Crippen molar-refractivity contribution >= 4 is 28.7 Å². The van der Waals surface area contributed by atoms with Gasteiger partial charge in [0.2, 0.25) is 5.13 Å². The Morgan fingerprint density at radius 2 is 1.79 bits per heavy atom. The third kappa shape index (κ3) is 4.64. The number of carbonyl (C=O) groups excluding carboxylic acids is 1. The van der Waals surface area contributed by atoms with Gasteiger partial charge in [0.05, 0.1) is 19.0 Å². The fourth-order valence-electron chi connectivity index (χ4n) is 2.62. The Hall–Kier alpha value is -2.99. The van der Waals surface area contributed by atoms with E-state index in [0.717, 1.165) is 11.1 Å². The molecule has 0 aliphatic rings. The molecule has 0 radical (unpaired) electrons. The highest BCUT2D eigenvalue weighted by atomic mass is 32.1. The van der Waals surface area contributed by atoms with Gasteiger partial charge in [-0.25, -0.2) is 9.78 Å². The number of rotatable bonds is 5. The lowest BCUT2D eigenvalue weighted by molar-refractivity contribution is 0.0607. The van der Waals surface area contributed by atoms with Crippen molar-refractivity contribution in [2.24, 2.45) is 5.10 Å². The number of hydrogen-bond acceptors (Lipinski definition) is 6. The highest BCUT2D eigenvalue weighted by Gasteiger charge is 2.20. The number of nitrogens with one attached hydrogen (secondary N) is 1. The molecule has 1 N–H and O–H groups in total. The third-order valence-electron chi connectivity index (χ3n) is 4.20. The molecule has 0 atom stereocenters. The Kier molecular flexibility index (Phi) is 5.90. The van der Waals surface area contributed by atoms with Gasteiger partial charge in [-0.15, -0.1) is 0 Å². The molecule has 0 aliphatic heterocycles. The summed E-state index contributed by atoms with van der Waals surface area (Å²) < 4.78 is 4.89.